The number of carbonyl (C=O) groups is 1. The van der Waals surface area contributed by atoms with Crippen molar-refractivity contribution >= 4 is 5.91 Å². The Bertz CT molecular complexity index is 1550. The maximum atomic E-state index is 13.0. The van der Waals surface area contributed by atoms with E-state index in [-0.39, 0.29) is 30.2 Å². The molecule has 0 spiro atoms. The van der Waals surface area contributed by atoms with E-state index in [0.717, 1.165) is 5.56 Å². The number of aliphatic hydroxyl groups excluding tert-OH is 10. The highest BCUT2D eigenvalue weighted by atomic mass is 16.4. The van der Waals surface area contributed by atoms with Gasteiger partial charge >= 0.3 is 0 Å². The highest BCUT2D eigenvalue weighted by Gasteiger charge is 2.34. The molecule has 14 N–H and O–H groups in total. The molecule has 1 amide bonds. The Hall–Kier alpha value is -3.41. The summed E-state index contributed by atoms with van der Waals surface area (Å²) in [6.45, 7) is 5.14. The Morgan fingerprint density at radius 2 is 1.18 bits per heavy atom. The molecule has 19 heteroatoms. The van der Waals surface area contributed by atoms with Crippen molar-refractivity contribution in [2.75, 3.05) is 59.0 Å². The van der Waals surface area contributed by atoms with E-state index in [1.165, 1.54) is 6.07 Å². The number of aryl methyl sites for hydroxylation is 2. The molecular weight excluding hydrogens is 726 g/mol. The fourth-order valence-electron chi connectivity index (χ4n) is 6.42. The fraction of sp³-hybridized carbons (Fsp3) is 0.639. The number of carbonyl (C=O) groups excluding carboxylic acids is 1. The lowest BCUT2D eigenvalue weighted by Gasteiger charge is -2.29. The molecule has 310 valence electrons. The van der Waals surface area contributed by atoms with Gasteiger partial charge in [-0.15, -0.1) is 0 Å². The third-order valence-electron chi connectivity index (χ3n) is 9.53. The second-order valence-corrected chi connectivity index (χ2v) is 14.2. The molecule has 8 atom stereocenters. The van der Waals surface area contributed by atoms with E-state index in [4.69, 9.17) is 10.2 Å². The van der Waals surface area contributed by atoms with Crippen molar-refractivity contribution in [1.82, 2.24) is 20.4 Å². The maximum absolute atomic E-state index is 13.0. The number of rotatable bonds is 18. The van der Waals surface area contributed by atoms with Crippen LogP contribution < -0.4 is 10.6 Å². The number of phenolic OH excluding ortho intramolecular Hbond substituents is 2. The van der Waals surface area contributed by atoms with Crippen LogP contribution in [0, 0.1) is 18.8 Å². The van der Waals surface area contributed by atoms with E-state index in [9.17, 15) is 60.8 Å². The maximum Gasteiger partial charge on any atom is 0.257 e. The second kappa shape index (κ2) is 21.8. The first-order valence-corrected chi connectivity index (χ1v) is 18.2. The molecule has 0 saturated carbocycles. The molecule has 2 aromatic carbocycles. The van der Waals surface area contributed by atoms with E-state index < -0.39 is 74.6 Å². The first-order valence-electron chi connectivity index (χ1n) is 18.2. The van der Waals surface area contributed by atoms with Crippen LogP contribution >= 0.6 is 0 Å². The topological polar surface area (TPSA) is 310 Å². The van der Waals surface area contributed by atoms with E-state index in [0.29, 0.717) is 79.2 Å². The minimum Gasteiger partial charge on any atom is -0.507 e. The number of nitroso groups, excluding NO2 is 1. The Labute approximate surface area is 318 Å². The smallest absolute Gasteiger partial charge is 0.257 e. The SMILES string of the molecule is Cc1cc(CN2CCCN(Cc3cc(C)cc(C(=O)NC(O)C(O)C(O)C(O)CO)c3O)CCNCC2)c(O)c(C[N+](=O)CC(O)C(O)C(O)C(O)CO)c1. The van der Waals surface area contributed by atoms with Gasteiger partial charge in [-0.25, -0.2) is 0 Å². The van der Waals surface area contributed by atoms with E-state index in [1.54, 1.807) is 19.1 Å². The van der Waals surface area contributed by atoms with Crippen molar-refractivity contribution in [3.63, 3.8) is 0 Å². The van der Waals surface area contributed by atoms with Gasteiger partial charge in [0.1, 0.15) is 54.2 Å². The van der Waals surface area contributed by atoms with Gasteiger partial charge in [-0.1, -0.05) is 17.7 Å². The molecule has 55 heavy (non-hydrogen) atoms. The van der Waals surface area contributed by atoms with Gasteiger partial charge in [0, 0.05) is 60.1 Å². The molecular formula is C36H58N5O14+. The van der Waals surface area contributed by atoms with Crippen molar-refractivity contribution in [1.29, 1.82) is 0 Å². The number of amides is 1. The number of nitrogens with zero attached hydrogens (tertiary/aromatic N) is 3. The molecule has 0 bridgehead atoms. The zero-order valence-corrected chi connectivity index (χ0v) is 31.1. The van der Waals surface area contributed by atoms with Crippen molar-refractivity contribution in [3.8, 4) is 11.5 Å². The van der Waals surface area contributed by atoms with Crippen LogP contribution in [0.3, 0.4) is 0 Å². The Kier molecular flexibility index (Phi) is 18.2. The van der Waals surface area contributed by atoms with Crippen molar-refractivity contribution < 1.29 is 70.8 Å². The first kappa shape index (κ1) is 46.0. The average molecular weight is 785 g/mol. The molecule has 1 saturated heterocycles. The zero-order valence-electron chi connectivity index (χ0n) is 31.1. The van der Waals surface area contributed by atoms with Gasteiger partial charge in [-0.2, -0.15) is 0 Å². The van der Waals surface area contributed by atoms with Crippen LogP contribution in [0.15, 0.2) is 24.3 Å². The molecule has 2 aromatic rings. The van der Waals surface area contributed by atoms with Crippen LogP contribution in [-0.2, 0) is 19.6 Å². The predicted molar refractivity (Wildman–Crippen MR) is 196 cm³/mol. The van der Waals surface area contributed by atoms with E-state index in [2.05, 4.69) is 20.4 Å². The predicted octanol–water partition coefficient (Wildman–Crippen LogP) is -4.15. The summed E-state index contributed by atoms with van der Waals surface area (Å²) in [4.78, 5) is 30.0. The van der Waals surface area contributed by atoms with Crippen LogP contribution in [0.5, 0.6) is 11.5 Å². The first-order chi connectivity index (χ1) is 26.0. The molecule has 0 radical (unpaired) electrons. The van der Waals surface area contributed by atoms with Crippen molar-refractivity contribution in [3.05, 3.63) is 62.6 Å². The van der Waals surface area contributed by atoms with Crippen LogP contribution in [0.2, 0.25) is 0 Å². The van der Waals surface area contributed by atoms with Crippen LogP contribution in [0.4, 0.5) is 0 Å². The van der Waals surface area contributed by atoms with Gasteiger partial charge in [-0.05, 0) is 51.1 Å². The Morgan fingerprint density at radius 3 is 1.73 bits per heavy atom. The number of benzene rings is 2. The van der Waals surface area contributed by atoms with E-state index in [1.807, 2.05) is 13.0 Å². The summed E-state index contributed by atoms with van der Waals surface area (Å²) in [5.74, 6) is -1.37. The lowest BCUT2D eigenvalue weighted by molar-refractivity contribution is -0.574. The quantitative estimate of drug-likeness (QED) is 0.0504. The van der Waals surface area contributed by atoms with Gasteiger partial charge < -0.3 is 71.9 Å². The summed E-state index contributed by atoms with van der Waals surface area (Å²) in [6.07, 6.45) is -14.3. The van der Waals surface area contributed by atoms with Gasteiger partial charge in [0.2, 0.25) is 13.1 Å². The molecule has 1 heterocycles. The molecule has 0 aromatic heterocycles. The summed E-state index contributed by atoms with van der Waals surface area (Å²) in [6, 6.07) is 6.58. The molecule has 1 aliphatic heterocycles. The monoisotopic (exact) mass is 784 g/mol. The Balaban J connectivity index is 1.65. The number of aromatic hydroxyl groups is 2. The largest absolute Gasteiger partial charge is 0.507 e. The number of aliphatic hydroxyl groups is 10. The average Bonchev–Trinajstić information content (AvgIpc) is 3.15. The van der Waals surface area contributed by atoms with Gasteiger partial charge in [0.05, 0.1) is 24.3 Å². The number of nitrogens with one attached hydrogen (secondary N) is 2. The summed E-state index contributed by atoms with van der Waals surface area (Å²) in [5, 5.41) is 125. The minimum absolute atomic E-state index is 0.0976. The molecule has 1 aliphatic rings. The third-order valence-corrected chi connectivity index (χ3v) is 9.53. The fourth-order valence-corrected chi connectivity index (χ4v) is 6.42. The van der Waals surface area contributed by atoms with Gasteiger partial charge in [0.25, 0.3) is 5.91 Å². The van der Waals surface area contributed by atoms with Crippen LogP contribution in [0.25, 0.3) is 0 Å². The van der Waals surface area contributed by atoms with Crippen molar-refractivity contribution in [2.24, 2.45) is 0 Å². The van der Waals surface area contributed by atoms with E-state index >= 15 is 0 Å². The van der Waals surface area contributed by atoms with Crippen molar-refractivity contribution in [2.45, 2.75) is 88.9 Å². The normalized spacial score (nSPS) is 19.4. The highest BCUT2D eigenvalue weighted by molar-refractivity contribution is 5.97. The lowest BCUT2D eigenvalue weighted by atomic mass is 10.0. The number of phenols is 2. The minimum atomic E-state index is -2.03. The highest BCUT2D eigenvalue weighted by Crippen LogP contribution is 2.28. The number of hydrogen-bond acceptors (Lipinski definition) is 17. The lowest BCUT2D eigenvalue weighted by Crippen LogP contribution is -2.52. The molecule has 19 nitrogen and oxygen atoms in total. The zero-order chi connectivity index (χ0) is 41.0. The van der Waals surface area contributed by atoms with Gasteiger partial charge in [-0.3, -0.25) is 14.6 Å². The van der Waals surface area contributed by atoms with Crippen LogP contribution in [0.1, 0.15) is 44.6 Å². The van der Waals surface area contributed by atoms with Crippen LogP contribution in [-0.4, -0.2) is 190 Å². The summed E-state index contributed by atoms with van der Waals surface area (Å²) in [5.41, 5.74) is 2.55. The second-order valence-electron chi connectivity index (χ2n) is 14.2. The molecule has 1 fully saturated rings. The third kappa shape index (κ3) is 13.3. The molecule has 3 rings (SSSR count). The molecule has 0 aliphatic carbocycles. The summed E-state index contributed by atoms with van der Waals surface area (Å²) < 4.78 is 0.417. The molecule has 8 unspecified atom stereocenters. The summed E-state index contributed by atoms with van der Waals surface area (Å²) >= 11 is 0. The Morgan fingerprint density at radius 1 is 0.709 bits per heavy atom. The standard InChI is InChI=1S/C36H57N5O14/c1-20-10-22(29(47)24(11-20)16-41(55)17-26(44)31(49)32(50)27(45)18-42)14-39-6-3-7-40(9-5-37-4-8-39)15-23-12-21(2)13-25(30(23)48)35(53)38-36(54)34(52)33(51)28(46)19-43/h10-13,26-28,31-34,36-37,42-46,49-52,54H,3-9,14-19H2,1-2H3,(H2-,38,47,48,53)/p+1. The number of hydrogen-bond donors (Lipinski definition) is 14. The van der Waals surface area contributed by atoms with Gasteiger partial charge in [0.15, 0.2) is 6.23 Å². The summed E-state index contributed by atoms with van der Waals surface area (Å²) in [7, 11) is 0.